The van der Waals surface area contributed by atoms with Crippen molar-refractivity contribution in [1.82, 2.24) is 0 Å². The molecule has 4 atom stereocenters. The second kappa shape index (κ2) is 6.13. The monoisotopic (exact) mass is 314 g/mol. The van der Waals surface area contributed by atoms with Gasteiger partial charge in [0, 0.05) is 11.6 Å². The first-order valence-electron chi connectivity index (χ1n) is 7.82. The number of phenolic OH excluding ortho intramolecular Hbond substituents is 2. The minimum Gasteiger partial charge on any atom is -0.508 e. The average Bonchev–Trinajstić information content (AvgIpc) is 2.84. The summed E-state index contributed by atoms with van der Waals surface area (Å²) in [5.74, 6) is 1.50. The summed E-state index contributed by atoms with van der Waals surface area (Å²) < 4.78 is 11.5. The van der Waals surface area contributed by atoms with Gasteiger partial charge in [0.05, 0.1) is 19.3 Å². The molecule has 122 valence electrons. The summed E-state index contributed by atoms with van der Waals surface area (Å²) >= 11 is 0. The predicted octanol–water partition coefficient (Wildman–Crippen LogP) is 4.19. The lowest BCUT2D eigenvalue weighted by Crippen LogP contribution is -2.09. The van der Waals surface area contributed by atoms with E-state index in [1.54, 1.807) is 19.2 Å². The first-order valence-corrected chi connectivity index (χ1v) is 7.82. The molecule has 4 nitrogen and oxygen atoms in total. The Balaban J connectivity index is 1.88. The van der Waals surface area contributed by atoms with Gasteiger partial charge < -0.3 is 19.7 Å². The van der Waals surface area contributed by atoms with Gasteiger partial charge in [-0.1, -0.05) is 26.0 Å². The van der Waals surface area contributed by atoms with Crippen molar-refractivity contribution in [1.29, 1.82) is 0 Å². The molecule has 0 aliphatic carbocycles. The smallest absolute Gasteiger partial charge is 0.125 e. The molecule has 0 spiro atoms. The van der Waals surface area contributed by atoms with Gasteiger partial charge in [-0.15, -0.1) is 0 Å². The Morgan fingerprint density at radius 2 is 1.57 bits per heavy atom. The van der Waals surface area contributed by atoms with E-state index in [2.05, 4.69) is 13.8 Å². The fourth-order valence-corrected chi connectivity index (χ4v) is 3.26. The number of rotatable bonds is 3. The van der Waals surface area contributed by atoms with Gasteiger partial charge in [0.15, 0.2) is 0 Å². The molecule has 0 bridgehead atoms. The lowest BCUT2D eigenvalue weighted by atomic mass is 9.85. The summed E-state index contributed by atoms with van der Waals surface area (Å²) in [6.45, 7) is 4.29. The quantitative estimate of drug-likeness (QED) is 0.892. The van der Waals surface area contributed by atoms with Crippen LogP contribution in [-0.2, 0) is 4.74 Å². The molecule has 2 N–H and O–H groups in total. The molecule has 2 aromatic carbocycles. The molecule has 0 amide bonds. The average molecular weight is 314 g/mol. The van der Waals surface area contributed by atoms with Crippen LogP contribution in [0.4, 0.5) is 0 Å². The molecule has 2 unspecified atom stereocenters. The Bertz CT molecular complexity index is 680. The largest absolute Gasteiger partial charge is 0.508 e. The number of hydrogen-bond donors (Lipinski definition) is 2. The highest BCUT2D eigenvalue weighted by Gasteiger charge is 2.41. The molecular weight excluding hydrogens is 292 g/mol. The Hall–Kier alpha value is -2.20. The molecule has 1 fully saturated rings. The van der Waals surface area contributed by atoms with Gasteiger partial charge in [0.1, 0.15) is 17.2 Å². The lowest BCUT2D eigenvalue weighted by molar-refractivity contribution is 0.0278. The van der Waals surface area contributed by atoms with Crippen LogP contribution >= 0.6 is 0 Å². The van der Waals surface area contributed by atoms with E-state index in [1.807, 2.05) is 24.3 Å². The van der Waals surface area contributed by atoms with Crippen LogP contribution < -0.4 is 4.74 Å². The van der Waals surface area contributed by atoms with Crippen molar-refractivity contribution in [3.05, 3.63) is 53.6 Å². The van der Waals surface area contributed by atoms with Crippen LogP contribution in [0.1, 0.15) is 37.2 Å². The number of methoxy groups -OCH3 is 1. The molecular formula is C19H22O4. The number of ether oxygens (including phenoxy) is 2. The third-order valence-corrected chi connectivity index (χ3v) is 4.84. The van der Waals surface area contributed by atoms with Crippen LogP contribution in [-0.4, -0.2) is 17.3 Å². The zero-order chi connectivity index (χ0) is 16.6. The minimum absolute atomic E-state index is 0.0332. The van der Waals surface area contributed by atoms with Crippen LogP contribution in [0.25, 0.3) is 0 Å². The fraction of sp³-hybridized carbons (Fsp3) is 0.368. The zero-order valence-corrected chi connectivity index (χ0v) is 13.6. The number of aromatic hydroxyl groups is 2. The first kappa shape index (κ1) is 15.7. The standard InChI is InChI=1S/C19H22O4/c1-11-12(2)19(16-9-6-14(20)10-17(16)21)23-18(11)13-4-7-15(22-3)8-5-13/h4-12,18-21H,1-3H3/t11?,12?,18-,19+/m0/s1. The van der Waals surface area contributed by atoms with Crippen LogP contribution in [0.2, 0.25) is 0 Å². The molecule has 2 aromatic rings. The number of phenols is 2. The second-order valence-corrected chi connectivity index (χ2v) is 6.21. The van der Waals surface area contributed by atoms with Gasteiger partial charge in [-0.2, -0.15) is 0 Å². The van der Waals surface area contributed by atoms with Crippen molar-refractivity contribution >= 4 is 0 Å². The highest BCUT2D eigenvalue weighted by Crippen LogP contribution is 2.50. The maximum atomic E-state index is 10.1. The molecule has 1 aliphatic rings. The van der Waals surface area contributed by atoms with Crippen LogP contribution in [0.15, 0.2) is 42.5 Å². The Labute approximate surface area is 136 Å². The summed E-state index contributed by atoms with van der Waals surface area (Å²) in [5, 5.41) is 19.6. The summed E-state index contributed by atoms with van der Waals surface area (Å²) in [6, 6.07) is 12.6. The van der Waals surface area contributed by atoms with Crippen molar-refractivity contribution in [3.63, 3.8) is 0 Å². The molecule has 1 aliphatic heterocycles. The van der Waals surface area contributed by atoms with Gasteiger partial charge in [0.2, 0.25) is 0 Å². The van der Waals surface area contributed by atoms with E-state index < -0.39 is 0 Å². The van der Waals surface area contributed by atoms with Crippen LogP contribution in [0.5, 0.6) is 17.2 Å². The van der Waals surface area contributed by atoms with Gasteiger partial charge in [0.25, 0.3) is 0 Å². The molecule has 0 aromatic heterocycles. The van der Waals surface area contributed by atoms with Crippen molar-refractivity contribution < 1.29 is 19.7 Å². The van der Waals surface area contributed by atoms with E-state index in [0.29, 0.717) is 5.92 Å². The predicted molar refractivity (Wildman–Crippen MR) is 87.7 cm³/mol. The van der Waals surface area contributed by atoms with E-state index in [9.17, 15) is 10.2 Å². The van der Waals surface area contributed by atoms with Crippen molar-refractivity contribution in [2.24, 2.45) is 11.8 Å². The van der Waals surface area contributed by atoms with Gasteiger partial charge in [-0.3, -0.25) is 0 Å². The Kier molecular flexibility index (Phi) is 4.18. The van der Waals surface area contributed by atoms with Crippen LogP contribution in [0.3, 0.4) is 0 Å². The van der Waals surface area contributed by atoms with Crippen molar-refractivity contribution in [3.8, 4) is 17.2 Å². The maximum Gasteiger partial charge on any atom is 0.125 e. The summed E-state index contributed by atoms with van der Waals surface area (Å²) in [4.78, 5) is 0. The molecule has 23 heavy (non-hydrogen) atoms. The zero-order valence-electron chi connectivity index (χ0n) is 13.6. The van der Waals surface area contributed by atoms with E-state index in [0.717, 1.165) is 16.9 Å². The van der Waals surface area contributed by atoms with Gasteiger partial charge >= 0.3 is 0 Å². The van der Waals surface area contributed by atoms with Gasteiger partial charge in [-0.05, 0) is 41.7 Å². The van der Waals surface area contributed by atoms with Crippen LogP contribution in [0, 0.1) is 11.8 Å². The lowest BCUT2D eigenvalue weighted by Gasteiger charge is -2.17. The van der Waals surface area contributed by atoms with Crippen molar-refractivity contribution in [2.75, 3.05) is 7.11 Å². The number of benzene rings is 2. The minimum atomic E-state index is -0.197. The van der Waals surface area contributed by atoms with E-state index in [4.69, 9.17) is 9.47 Å². The normalized spacial score (nSPS) is 27.1. The summed E-state index contributed by atoms with van der Waals surface area (Å²) in [6.07, 6.45) is -0.230. The van der Waals surface area contributed by atoms with E-state index in [-0.39, 0.29) is 29.6 Å². The third-order valence-electron chi connectivity index (χ3n) is 4.84. The second-order valence-electron chi connectivity index (χ2n) is 6.21. The molecule has 1 heterocycles. The molecule has 1 saturated heterocycles. The first-order chi connectivity index (χ1) is 11.0. The van der Waals surface area contributed by atoms with Crippen molar-refractivity contribution in [2.45, 2.75) is 26.1 Å². The molecule has 4 heteroatoms. The fourth-order valence-electron chi connectivity index (χ4n) is 3.26. The Morgan fingerprint density at radius 1 is 0.913 bits per heavy atom. The van der Waals surface area contributed by atoms with Gasteiger partial charge in [-0.25, -0.2) is 0 Å². The SMILES string of the molecule is COc1ccc([C@H]2O[C@@H](c3ccc(O)cc3O)C(C)C2C)cc1. The molecule has 0 saturated carbocycles. The Morgan fingerprint density at radius 3 is 2.17 bits per heavy atom. The molecule has 3 rings (SSSR count). The highest BCUT2D eigenvalue weighted by atomic mass is 16.5. The number of hydrogen-bond acceptors (Lipinski definition) is 4. The van der Waals surface area contributed by atoms with E-state index in [1.165, 1.54) is 6.07 Å². The highest BCUT2D eigenvalue weighted by molar-refractivity contribution is 5.41. The van der Waals surface area contributed by atoms with E-state index >= 15 is 0 Å². The topological polar surface area (TPSA) is 58.9 Å². The summed E-state index contributed by atoms with van der Waals surface area (Å²) in [7, 11) is 1.65. The third kappa shape index (κ3) is 2.86. The summed E-state index contributed by atoms with van der Waals surface area (Å²) in [5.41, 5.74) is 1.82. The molecule has 0 radical (unpaired) electrons. The maximum absolute atomic E-state index is 10.1.